The van der Waals surface area contributed by atoms with Crippen molar-refractivity contribution in [1.82, 2.24) is 10.2 Å². The lowest BCUT2D eigenvalue weighted by atomic mass is 10.1. The molecule has 1 atom stereocenters. The summed E-state index contributed by atoms with van der Waals surface area (Å²) >= 11 is 0. The molecule has 1 aliphatic rings. The molecule has 0 bridgehead atoms. The van der Waals surface area contributed by atoms with Gasteiger partial charge in [0.2, 0.25) is 5.91 Å². The van der Waals surface area contributed by atoms with Gasteiger partial charge in [-0.15, -0.1) is 0 Å². The lowest BCUT2D eigenvalue weighted by molar-refractivity contribution is -0.122. The third kappa shape index (κ3) is 4.13. The number of carbonyl (C=O) groups is 1. The first kappa shape index (κ1) is 13.1. The van der Waals surface area contributed by atoms with Gasteiger partial charge >= 0.3 is 0 Å². The first-order valence-corrected chi connectivity index (χ1v) is 6.52. The van der Waals surface area contributed by atoms with E-state index < -0.39 is 0 Å². The Morgan fingerprint density at radius 2 is 2.17 bits per heavy atom. The summed E-state index contributed by atoms with van der Waals surface area (Å²) in [5.41, 5.74) is 7.02. The molecule has 4 heteroatoms. The molecule has 1 saturated heterocycles. The van der Waals surface area contributed by atoms with E-state index in [1.165, 1.54) is 0 Å². The molecule has 4 nitrogen and oxygen atoms in total. The van der Waals surface area contributed by atoms with Gasteiger partial charge in [-0.05, 0) is 24.9 Å². The molecule has 1 unspecified atom stereocenters. The second-order valence-electron chi connectivity index (χ2n) is 4.90. The van der Waals surface area contributed by atoms with Gasteiger partial charge in [0, 0.05) is 19.1 Å². The van der Waals surface area contributed by atoms with Crippen molar-refractivity contribution < 1.29 is 4.79 Å². The number of hydrogen-bond acceptors (Lipinski definition) is 3. The van der Waals surface area contributed by atoms with Crippen LogP contribution in [0.5, 0.6) is 0 Å². The molecule has 2 rings (SSSR count). The van der Waals surface area contributed by atoms with Gasteiger partial charge in [0.25, 0.3) is 0 Å². The number of amides is 1. The van der Waals surface area contributed by atoms with Crippen LogP contribution in [0.15, 0.2) is 30.3 Å². The van der Waals surface area contributed by atoms with E-state index in [-0.39, 0.29) is 11.9 Å². The smallest absolute Gasteiger partial charge is 0.234 e. The average Bonchev–Trinajstić information content (AvgIpc) is 2.38. The summed E-state index contributed by atoms with van der Waals surface area (Å²) in [7, 11) is 0. The van der Waals surface area contributed by atoms with Crippen LogP contribution in [0.3, 0.4) is 0 Å². The molecule has 18 heavy (non-hydrogen) atoms. The number of nitrogens with two attached hydrogens (primary N) is 1. The summed E-state index contributed by atoms with van der Waals surface area (Å²) in [6.07, 6.45) is 2.16. The Balaban J connectivity index is 1.72. The zero-order valence-corrected chi connectivity index (χ0v) is 10.6. The van der Waals surface area contributed by atoms with Crippen molar-refractivity contribution in [2.24, 2.45) is 5.73 Å². The van der Waals surface area contributed by atoms with Crippen LogP contribution in [0.2, 0.25) is 0 Å². The Bertz CT molecular complexity index is 380. The van der Waals surface area contributed by atoms with Crippen LogP contribution in [0, 0.1) is 0 Å². The van der Waals surface area contributed by atoms with Crippen LogP contribution in [0.25, 0.3) is 0 Å². The van der Waals surface area contributed by atoms with Crippen molar-refractivity contribution in [2.45, 2.75) is 25.4 Å². The van der Waals surface area contributed by atoms with Crippen molar-refractivity contribution in [3.05, 3.63) is 35.9 Å². The van der Waals surface area contributed by atoms with E-state index in [1.54, 1.807) is 0 Å². The van der Waals surface area contributed by atoms with Gasteiger partial charge in [0.1, 0.15) is 0 Å². The quantitative estimate of drug-likeness (QED) is 0.824. The van der Waals surface area contributed by atoms with E-state index in [2.05, 4.69) is 10.2 Å². The molecule has 0 saturated carbocycles. The minimum Gasteiger partial charge on any atom is -0.351 e. The zero-order valence-electron chi connectivity index (χ0n) is 10.6. The minimum absolute atomic E-state index is 0.0768. The minimum atomic E-state index is 0.0768. The first-order chi connectivity index (χ1) is 8.74. The molecule has 98 valence electrons. The topological polar surface area (TPSA) is 58.4 Å². The lowest BCUT2D eigenvalue weighted by Crippen LogP contribution is -2.46. The summed E-state index contributed by atoms with van der Waals surface area (Å²) in [6.45, 7) is 2.87. The fourth-order valence-corrected chi connectivity index (χ4v) is 2.29. The number of piperidine rings is 1. The average molecular weight is 247 g/mol. The number of carbonyl (C=O) groups excluding carboxylic acids is 1. The molecule has 3 N–H and O–H groups in total. The van der Waals surface area contributed by atoms with Crippen LogP contribution in [0.1, 0.15) is 18.4 Å². The van der Waals surface area contributed by atoms with Crippen molar-refractivity contribution in [3.8, 4) is 0 Å². The number of benzene rings is 1. The molecule has 0 aliphatic carbocycles. The highest BCUT2D eigenvalue weighted by Gasteiger charge is 2.18. The lowest BCUT2D eigenvalue weighted by Gasteiger charge is -2.29. The summed E-state index contributed by atoms with van der Waals surface area (Å²) in [5, 5.41) is 2.94. The fourth-order valence-electron chi connectivity index (χ4n) is 2.29. The number of nitrogens with zero attached hydrogens (tertiary/aromatic N) is 1. The van der Waals surface area contributed by atoms with E-state index in [9.17, 15) is 4.79 Å². The van der Waals surface area contributed by atoms with Crippen molar-refractivity contribution in [2.75, 3.05) is 19.6 Å². The second kappa shape index (κ2) is 6.52. The van der Waals surface area contributed by atoms with Crippen LogP contribution in [-0.4, -0.2) is 36.5 Å². The molecule has 1 heterocycles. The van der Waals surface area contributed by atoms with Gasteiger partial charge in [-0.1, -0.05) is 30.3 Å². The molecule has 1 aromatic carbocycles. The van der Waals surface area contributed by atoms with Gasteiger partial charge in [0.05, 0.1) is 6.54 Å². The second-order valence-corrected chi connectivity index (χ2v) is 4.90. The third-order valence-electron chi connectivity index (χ3n) is 3.24. The van der Waals surface area contributed by atoms with E-state index >= 15 is 0 Å². The van der Waals surface area contributed by atoms with Crippen LogP contribution in [-0.2, 0) is 11.3 Å². The van der Waals surface area contributed by atoms with Gasteiger partial charge in [-0.3, -0.25) is 9.69 Å². The maximum atomic E-state index is 11.8. The summed E-state index contributed by atoms with van der Waals surface area (Å²) in [4.78, 5) is 13.9. The summed E-state index contributed by atoms with van der Waals surface area (Å²) in [5.74, 6) is 0.0768. The molecular formula is C14H21N3O. The van der Waals surface area contributed by atoms with Crippen molar-refractivity contribution >= 4 is 5.91 Å². The normalized spacial score (nSPS) is 20.6. The van der Waals surface area contributed by atoms with Gasteiger partial charge < -0.3 is 11.1 Å². The highest BCUT2D eigenvalue weighted by Crippen LogP contribution is 2.07. The maximum Gasteiger partial charge on any atom is 0.234 e. The third-order valence-corrected chi connectivity index (χ3v) is 3.24. The Labute approximate surface area is 108 Å². The number of rotatable bonds is 4. The van der Waals surface area contributed by atoms with E-state index in [0.29, 0.717) is 13.1 Å². The molecule has 1 aromatic rings. The Morgan fingerprint density at radius 3 is 2.89 bits per heavy atom. The fraction of sp³-hybridized carbons (Fsp3) is 0.500. The molecule has 1 amide bonds. The molecule has 0 aromatic heterocycles. The molecular weight excluding hydrogens is 226 g/mol. The molecule has 0 radical (unpaired) electrons. The number of likely N-dealkylation sites (tertiary alicyclic amines) is 1. The predicted molar refractivity (Wildman–Crippen MR) is 71.9 cm³/mol. The van der Waals surface area contributed by atoms with Crippen LogP contribution in [0.4, 0.5) is 0 Å². The zero-order chi connectivity index (χ0) is 12.8. The van der Waals surface area contributed by atoms with E-state index in [0.717, 1.165) is 31.5 Å². The Hall–Kier alpha value is -1.39. The highest BCUT2D eigenvalue weighted by molar-refractivity contribution is 5.78. The molecule has 1 aliphatic heterocycles. The molecule has 1 fully saturated rings. The van der Waals surface area contributed by atoms with Crippen LogP contribution >= 0.6 is 0 Å². The Kier molecular flexibility index (Phi) is 4.73. The summed E-state index contributed by atoms with van der Waals surface area (Å²) in [6, 6.07) is 10.2. The monoisotopic (exact) mass is 247 g/mol. The van der Waals surface area contributed by atoms with Gasteiger partial charge in [-0.2, -0.15) is 0 Å². The SMILES string of the molecule is NC1CCCN(CC(=O)NCc2ccccc2)C1. The highest BCUT2D eigenvalue weighted by atomic mass is 16.2. The Morgan fingerprint density at radius 1 is 1.39 bits per heavy atom. The van der Waals surface area contributed by atoms with Gasteiger partial charge in [-0.25, -0.2) is 0 Å². The standard InChI is InChI=1S/C14H21N3O/c15-13-7-4-8-17(10-13)11-14(18)16-9-12-5-2-1-3-6-12/h1-3,5-6,13H,4,7-11,15H2,(H,16,18). The number of nitrogens with one attached hydrogen (secondary N) is 1. The largest absolute Gasteiger partial charge is 0.351 e. The maximum absolute atomic E-state index is 11.8. The molecule has 0 spiro atoms. The van der Waals surface area contributed by atoms with Crippen LogP contribution < -0.4 is 11.1 Å². The van der Waals surface area contributed by atoms with Crippen molar-refractivity contribution in [3.63, 3.8) is 0 Å². The van der Waals surface area contributed by atoms with E-state index in [4.69, 9.17) is 5.73 Å². The number of hydrogen-bond donors (Lipinski definition) is 2. The van der Waals surface area contributed by atoms with Crippen molar-refractivity contribution in [1.29, 1.82) is 0 Å². The van der Waals surface area contributed by atoms with E-state index in [1.807, 2.05) is 30.3 Å². The predicted octanol–water partition coefficient (Wildman–Crippen LogP) is 0.726. The first-order valence-electron chi connectivity index (χ1n) is 6.52. The summed E-state index contributed by atoms with van der Waals surface area (Å²) < 4.78 is 0. The van der Waals surface area contributed by atoms with Gasteiger partial charge in [0.15, 0.2) is 0 Å².